The van der Waals surface area contributed by atoms with Gasteiger partial charge in [0.25, 0.3) is 0 Å². The topological polar surface area (TPSA) is 6.48 Å². The average Bonchev–Trinajstić information content (AvgIpc) is 3.29. The van der Waals surface area contributed by atoms with E-state index in [0.29, 0.717) is 0 Å². The number of hydrogen-bond acceptors (Lipinski definition) is 2. The predicted molar refractivity (Wildman–Crippen MR) is 250 cm³/mol. The van der Waals surface area contributed by atoms with Crippen molar-refractivity contribution in [2.24, 2.45) is 0 Å². The Kier molecular flexibility index (Phi) is 7.26. The third-order valence-corrected chi connectivity index (χ3v) is 12.1. The summed E-state index contributed by atoms with van der Waals surface area (Å²) in [6.07, 6.45) is 0. The number of hydrogen-bond donors (Lipinski definition) is 0. The standard InChI is InChI=1S/C56H36N2/c1-3-19-43(20-4-1)57(55-45-23-11-7-15-39(45)35-40-16-8-12-24-46(40)55)51-33-29-37-28-32-50-52(34-30-38-27-31-49(51)53(37)54(38)50)58(44-21-5-2-6-22-44)56-47-25-13-9-17-41(47)36-42-18-10-14-26-48(42)56/h1-36H. The molecule has 0 spiro atoms. The molecule has 0 aliphatic heterocycles. The highest BCUT2D eigenvalue weighted by Crippen LogP contribution is 2.51. The van der Waals surface area contributed by atoms with Crippen molar-refractivity contribution in [3.05, 3.63) is 218 Å². The van der Waals surface area contributed by atoms with Gasteiger partial charge in [0.1, 0.15) is 0 Å². The van der Waals surface area contributed by atoms with Crippen molar-refractivity contribution in [1.29, 1.82) is 0 Å². The van der Waals surface area contributed by atoms with Crippen LogP contribution in [0.25, 0.3) is 75.4 Å². The van der Waals surface area contributed by atoms with Gasteiger partial charge in [-0.1, -0.05) is 170 Å². The average molecular weight is 737 g/mol. The summed E-state index contributed by atoms with van der Waals surface area (Å²) in [7, 11) is 0. The van der Waals surface area contributed by atoms with Crippen LogP contribution in [0.5, 0.6) is 0 Å². The van der Waals surface area contributed by atoms with Gasteiger partial charge in [0.15, 0.2) is 0 Å². The van der Waals surface area contributed by atoms with Crippen LogP contribution in [-0.4, -0.2) is 0 Å². The Hall–Kier alpha value is -7.68. The van der Waals surface area contributed by atoms with E-state index in [1.54, 1.807) is 0 Å². The summed E-state index contributed by atoms with van der Waals surface area (Å²) in [5.74, 6) is 0. The zero-order valence-corrected chi connectivity index (χ0v) is 31.7. The molecule has 0 saturated carbocycles. The highest BCUT2D eigenvalue weighted by Gasteiger charge is 2.25. The largest absolute Gasteiger partial charge is 0.309 e. The van der Waals surface area contributed by atoms with Crippen LogP contribution in [0.2, 0.25) is 0 Å². The summed E-state index contributed by atoms with van der Waals surface area (Å²) in [5.41, 5.74) is 6.93. The van der Waals surface area contributed by atoms with Gasteiger partial charge in [-0.25, -0.2) is 0 Å². The maximum Gasteiger partial charge on any atom is 0.0618 e. The Labute approximate surface area is 336 Å². The second kappa shape index (κ2) is 12.9. The van der Waals surface area contributed by atoms with Crippen LogP contribution in [0.1, 0.15) is 0 Å². The van der Waals surface area contributed by atoms with E-state index in [0.717, 1.165) is 22.7 Å². The van der Waals surface area contributed by atoms with Crippen LogP contribution < -0.4 is 9.80 Å². The maximum absolute atomic E-state index is 2.50. The van der Waals surface area contributed by atoms with Gasteiger partial charge in [0, 0.05) is 43.7 Å². The molecule has 0 N–H and O–H groups in total. The minimum absolute atomic E-state index is 1.12. The Bertz CT molecular complexity index is 3170. The van der Waals surface area contributed by atoms with Gasteiger partial charge in [0.2, 0.25) is 0 Å². The molecule has 0 aliphatic carbocycles. The van der Waals surface area contributed by atoms with Crippen LogP contribution in [0.3, 0.4) is 0 Å². The molecule has 2 nitrogen and oxygen atoms in total. The van der Waals surface area contributed by atoms with E-state index in [2.05, 4.69) is 228 Å². The lowest BCUT2D eigenvalue weighted by Gasteiger charge is -2.31. The monoisotopic (exact) mass is 736 g/mol. The van der Waals surface area contributed by atoms with Crippen molar-refractivity contribution < 1.29 is 0 Å². The zero-order chi connectivity index (χ0) is 38.2. The van der Waals surface area contributed by atoms with E-state index in [4.69, 9.17) is 0 Å². The Morgan fingerprint density at radius 1 is 0.224 bits per heavy atom. The molecule has 270 valence electrons. The van der Waals surface area contributed by atoms with Crippen LogP contribution >= 0.6 is 0 Å². The fourth-order valence-corrected chi connectivity index (χ4v) is 9.55. The SMILES string of the molecule is c1ccc(N(c2c3ccccc3cc3ccccc23)c2ccc3ccc4c(N(c5ccccc5)c5c6ccccc6cc6ccccc56)ccc5ccc2c3c54)cc1. The zero-order valence-electron chi connectivity index (χ0n) is 31.7. The Balaban J connectivity index is 1.18. The Morgan fingerprint density at radius 3 is 0.897 bits per heavy atom. The molecule has 0 aromatic heterocycles. The summed E-state index contributed by atoms with van der Waals surface area (Å²) < 4.78 is 0. The summed E-state index contributed by atoms with van der Waals surface area (Å²) in [4.78, 5) is 4.99. The van der Waals surface area contributed by atoms with Crippen LogP contribution in [0.4, 0.5) is 34.1 Å². The molecule has 0 aliphatic rings. The van der Waals surface area contributed by atoms with E-state index in [-0.39, 0.29) is 0 Å². The summed E-state index contributed by atoms with van der Waals surface area (Å²) in [5, 5.41) is 17.2. The van der Waals surface area contributed by atoms with Crippen LogP contribution in [0.15, 0.2) is 218 Å². The molecule has 0 heterocycles. The number of nitrogens with zero attached hydrogens (tertiary/aromatic N) is 2. The third-order valence-electron chi connectivity index (χ3n) is 12.1. The van der Waals surface area contributed by atoms with Crippen molar-refractivity contribution in [2.75, 3.05) is 9.80 Å². The first-order chi connectivity index (χ1) is 28.8. The number of benzene rings is 12. The quantitative estimate of drug-likeness (QED) is 0.124. The molecule has 0 unspecified atom stereocenters. The van der Waals surface area contributed by atoms with Crippen LogP contribution in [0, 0.1) is 0 Å². The summed E-state index contributed by atoms with van der Waals surface area (Å²) >= 11 is 0. The van der Waals surface area contributed by atoms with E-state index < -0.39 is 0 Å². The number of fused-ring (bicyclic) bond motifs is 4. The lowest BCUT2D eigenvalue weighted by Crippen LogP contribution is -2.12. The molecule has 0 fully saturated rings. The third kappa shape index (κ3) is 4.92. The van der Waals surface area contributed by atoms with Gasteiger partial charge in [-0.15, -0.1) is 0 Å². The number of rotatable bonds is 6. The first kappa shape index (κ1) is 32.6. The van der Waals surface area contributed by atoms with Gasteiger partial charge in [0.05, 0.1) is 22.7 Å². The van der Waals surface area contributed by atoms with Gasteiger partial charge < -0.3 is 9.80 Å². The summed E-state index contributed by atoms with van der Waals surface area (Å²) in [6, 6.07) is 80.2. The molecule has 0 saturated heterocycles. The molecule has 12 rings (SSSR count). The van der Waals surface area contributed by atoms with Gasteiger partial charge in [-0.3, -0.25) is 0 Å². The second-order valence-electron chi connectivity index (χ2n) is 15.3. The normalized spacial score (nSPS) is 11.8. The minimum Gasteiger partial charge on any atom is -0.309 e. The van der Waals surface area contributed by atoms with Crippen molar-refractivity contribution >= 4 is 110 Å². The minimum atomic E-state index is 1.12. The van der Waals surface area contributed by atoms with Gasteiger partial charge in [-0.2, -0.15) is 0 Å². The van der Waals surface area contributed by atoms with E-state index >= 15 is 0 Å². The molecule has 2 heteroatoms. The summed E-state index contributed by atoms with van der Waals surface area (Å²) in [6.45, 7) is 0. The second-order valence-corrected chi connectivity index (χ2v) is 15.3. The lowest BCUT2D eigenvalue weighted by atomic mass is 9.91. The maximum atomic E-state index is 2.50. The molecular weight excluding hydrogens is 701 g/mol. The fraction of sp³-hybridized carbons (Fsp3) is 0. The van der Waals surface area contributed by atoms with Crippen LogP contribution in [-0.2, 0) is 0 Å². The van der Waals surface area contributed by atoms with E-state index in [1.807, 2.05) is 0 Å². The highest BCUT2D eigenvalue weighted by molar-refractivity contribution is 6.29. The smallest absolute Gasteiger partial charge is 0.0618 e. The molecule has 58 heavy (non-hydrogen) atoms. The number of anilines is 6. The number of para-hydroxylation sites is 2. The van der Waals surface area contributed by atoms with E-state index in [1.165, 1.54) is 86.8 Å². The first-order valence-corrected chi connectivity index (χ1v) is 20.0. The molecular formula is C56H36N2. The molecule has 0 atom stereocenters. The molecule has 0 bridgehead atoms. The van der Waals surface area contributed by atoms with Crippen molar-refractivity contribution in [2.45, 2.75) is 0 Å². The first-order valence-electron chi connectivity index (χ1n) is 20.0. The fourth-order valence-electron chi connectivity index (χ4n) is 9.55. The Morgan fingerprint density at radius 2 is 0.534 bits per heavy atom. The predicted octanol–water partition coefficient (Wildman–Crippen LogP) is 16.1. The van der Waals surface area contributed by atoms with Gasteiger partial charge >= 0.3 is 0 Å². The molecule has 0 radical (unpaired) electrons. The van der Waals surface area contributed by atoms with Crippen molar-refractivity contribution in [3.8, 4) is 0 Å². The van der Waals surface area contributed by atoms with Crippen molar-refractivity contribution in [1.82, 2.24) is 0 Å². The lowest BCUT2D eigenvalue weighted by molar-refractivity contribution is 1.32. The molecule has 12 aromatic rings. The highest BCUT2D eigenvalue weighted by atomic mass is 15.2. The molecule has 0 amide bonds. The molecule has 12 aromatic carbocycles. The van der Waals surface area contributed by atoms with Gasteiger partial charge in [-0.05, 0) is 91.6 Å². The van der Waals surface area contributed by atoms with E-state index in [9.17, 15) is 0 Å². The van der Waals surface area contributed by atoms with Crippen molar-refractivity contribution in [3.63, 3.8) is 0 Å².